The first-order valence-corrected chi connectivity index (χ1v) is 9.95. The maximum atomic E-state index is 12.8. The van der Waals surface area contributed by atoms with Crippen molar-refractivity contribution in [2.75, 3.05) is 25.0 Å². The van der Waals surface area contributed by atoms with Crippen molar-refractivity contribution >= 4 is 22.6 Å². The van der Waals surface area contributed by atoms with Crippen LogP contribution in [0.2, 0.25) is 0 Å². The summed E-state index contributed by atoms with van der Waals surface area (Å²) >= 11 is 0. The van der Waals surface area contributed by atoms with Gasteiger partial charge in [-0.1, -0.05) is 13.0 Å². The van der Waals surface area contributed by atoms with Crippen molar-refractivity contribution in [2.45, 2.75) is 32.2 Å². The summed E-state index contributed by atoms with van der Waals surface area (Å²) in [6.07, 6.45) is 9.67. The summed E-state index contributed by atoms with van der Waals surface area (Å²) in [6.45, 7) is 3.89. The first kappa shape index (κ1) is 18.5. The van der Waals surface area contributed by atoms with E-state index in [0.717, 1.165) is 48.2 Å². The summed E-state index contributed by atoms with van der Waals surface area (Å²) in [5.74, 6) is 0.755. The first-order valence-electron chi connectivity index (χ1n) is 9.95. The van der Waals surface area contributed by atoms with Crippen LogP contribution in [0.5, 0.6) is 0 Å². The molecule has 2 atom stereocenters. The van der Waals surface area contributed by atoms with E-state index in [2.05, 4.69) is 46.0 Å². The highest BCUT2D eigenvalue weighted by Crippen LogP contribution is 2.30. The molecule has 1 fully saturated rings. The van der Waals surface area contributed by atoms with Gasteiger partial charge < -0.3 is 14.8 Å². The highest BCUT2D eigenvalue weighted by molar-refractivity contribution is 5.89. The number of fused-ring (bicyclic) bond motifs is 1. The number of hydrogen-bond donors (Lipinski definition) is 1. The lowest BCUT2D eigenvalue weighted by Crippen LogP contribution is -2.52. The van der Waals surface area contributed by atoms with Gasteiger partial charge in [-0.2, -0.15) is 0 Å². The second kappa shape index (κ2) is 8.00. The number of pyridine rings is 2. The van der Waals surface area contributed by atoms with Crippen LogP contribution < -0.4 is 4.90 Å². The SMILES string of the molecule is C[C@@H]1CCN(C(=O)CCc2cccnc2)C[C@@H]1N(C)c1ccnc2[nH]ccc12. The number of anilines is 1. The third-order valence-corrected chi connectivity index (χ3v) is 5.94. The van der Waals surface area contributed by atoms with Gasteiger partial charge in [0.1, 0.15) is 5.65 Å². The van der Waals surface area contributed by atoms with Crippen LogP contribution in [-0.4, -0.2) is 51.9 Å². The number of piperidine rings is 1. The molecule has 3 aromatic rings. The summed E-state index contributed by atoms with van der Waals surface area (Å²) in [7, 11) is 2.13. The molecule has 1 saturated heterocycles. The van der Waals surface area contributed by atoms with E-state index in [9.17, 15) is 4.79 Å². The number of carbonyl (C=O) groups is 1. The van der Waals surface area contributed by atoms with E-state index in [0.29, 0.717) is 12.3 Å². The molecule has 0 spiro atoms. The number of aryl methyl sites for hydroxylation is 1. The van der Waals surface area contributed by atoms with Crippen LogP contribution in [0.25, 0.3) is 11.0 Å². The minimum Gasteiger partial charge on any atom is -0.369 e. The molecule has 0 aromatic carbocycles. The van der Waals surface area contributed by atoms with Crippen LogP contribution in [0, 0.1) is 5.92 Å². The second-order valence-electron chi connectivity index (χ2n) is 7.72. The number of aromatic amines is 1. The lowest BCUT2D eigenvalue weighted by molar-refractivity contribution is -0.132. The van der Waals surface area contributed by atoms with Crippen LogP contribution in [0.15, 0.2) is 49.1 Å². The number of rotatable bonds is 5. The Kier molecular flexibility index (Phi) is 5.28. The summed E-state index contributed by atoms with van der Waals surface area (Å²) in [5.41, 5.74) is 3.17. The molecular weight excluding hydrogens is 350 g/mol. The standard InChI is InChI=1S/C22H27N5O/c1-16-9-13-27(21(28)6-5-17-4-3-10-23-14-17)15-20(16)26(2)19-8-12-25-22-18(19)7-11-24-22/h3-4,7-8,10-12,14,16,20H,5-6,9,13,15H2,1-2H3,(H,24,25)/t16-,20+/m1/s1. The molecule has 0 unspecified atom stereocenters. The van der Waals surface area contributed by atoms with E-state index in [1.54, 1.807) is 6.20 Å². The molecule has 0 saturated carbocycles. The Hall–Kier alpha value is -2.89. The van der Waals surface area contributed by atoms with Gasteiger partial charge in [-0.25, -0.2) is 4.98 Å². The van der Waals surface area contributed by atoms with Crippen LogP contribution in [0.3, 0.4) is 0 Å². The summed E-state index contributed by atoms with van der Waals surface area (Å²) in [5, 5.41) is 1.12. The third-order valence-electron chi connectivity index (χ3n) is 5.94. The number of nitrogens with zero attached hydrogens (tertiary/aromatic N) is 4. The average Bonchev–Trinajstić information content (AvgIpc) is 3.21. The Morgan fingerprint density at radius 3 is 3.04 bits per heavy atom. The zero-order chi connectivity index (χ0) is 19.5. The van der Waals surface area contributed by atoms with E-state index in [-0.39, 0.29) is 11.9 Å². The van der Waals surface area contributed by atoms with Gasteiger partial charge in [-0.3, -0.25) is 9.78 Å². The zero-order valence-corrected chi connectivity index (χ0v) is 16.5. The van der Waals surface area contributed by atoms with E-state index in [4.69, 9.17) is 0 Å². The number of amides is 1. The number of nitrogens with one attached hydrogen (secondary N) is 1. The Morgan fingerprint density at radius 1 is 1.32 bits per heavy atom. The molecule has 28 heavy (non-hydrogen) atoms. The monoisotopic (exact) mass is 377 g/mol. The molecule has 0 bridgehead atoms. The minimum absolute atomic E-state index is 0.232. The van der Waals surface area contributed by atoms with Crippen molar-refractivity contribution in [3.8, 4) is 0 Å². The molecule has 1 N–H and O–H groups in total. The maximum Gasteiger partial charge on any atom is 0.222 e. The van der Waals surface area contributed by atoms with Gasteiger partial charge in [-0.15, -0.1) is 0 Å². The van der Waals surface area contributed by atoms with Crippen molar-refractivity contribution in [1.29, 1.82) is 0 Å². The molecule has 3 aromatic heterocycles. The van der Waals surface area contributed by atoms with Crippen molar-refractivity contribution in [1.82, 2.24) is 19.9 Å². The molecule has 146 valence electrons. The average molecular weight is 377 g/mol. The molecule has 6 nitrogen and oxygen atoms in total. The highest BCUT2D eigenvalue weighted by atomic mass is 16.2. The first-order chi connectivity index (χ1) is 13.6. The Bertz CT molecular complexity index is 938. The molecule has 4 heterocycles. The predicted octanol–water partition coefficient (Wildman–Crippen LogP) is 3.26. The molecule has 1 aliphatic rings. The van der Waals surface area contributed by atoms with Gasteiger partial charge in [0.2, 0.25) is 5.91 Å². The lowest BCUT2D eigenvalue weighted by atomic mass is 9.91. The Morgan fingerprint density at radius 2 is 2.21 bits per heavy atom. The van der Waals surface area contributed by atoms with E-state index in [1.807, 2.05) is 35.6 Å². The number of H-pyrrole nitrogens is 1. The number of likely N-dealkylation sites (N-methyl/N-ethyl adjacent to an activating group) is 1. The topological polar surface area (TPSA) is 65.1 Å². The third kappa shape index (κ3) is 3.72. The maximum absolute atomic E-state index is 12.8. The van der Waals surface area contributed by atoms with Crippen molar-refractivity contribution in [3.63, 3.8) is 0 Å². The molecule has 0 aliphatic carbocycles. The van der Waals surface area contributed by atoms with Crippen LogP contribution >= 0.6 is 0 Å². The summed E-state index contributed by atoms with van der Waals surface area (Å²) < 4.78 is 0. The largest absolute Gasteiger partial charge is 0.369 e. The van der Waals surface area contributed by atoms with Gasteiger partial charge in [0.05, 0.1) is 0 Å². The quantitative estimate of drug-likeness (QED) is 0.741. The molecule has 0 radical (unpaired) electrons. The lowest BCUT2D eigenvalue weighted by Gasteiger charge is -2.42. The van der Waals surface area contributed by atoms with Gasteiger partial charge in [0.25, 0.3) is 0 Å². The van der Waals surface area contributed by atoms with Crippen LogP contribution in [-0.2, 0) is 11.2 Å². The van der Waals surface area contributed by atoms with Gasteiger partial charge >= 0.3 is 0 Å². The summed E-state index contributed by atoms with van der Waals surface area (Å²) in [4.78, 5) is 28.9. The fraction of sp³-hybridized carbons (Fsp3) is 0.409. The van der Waals surface area contributed by atoms with E-state index in [1.165, 1.54) is 0 Å². The fourth-order valence-corrected chi connectivity index (χ4v) is 4.17. The Labute approximate surface area is 165 Å². The van der Waals surface area contributed by atoms with Crippen LogP contribution in [0.1, 0.15) is 25.3 Å². The molecule has 1 aliphatic heterocycles. The number of aromatic nitrogens is 3. The van der Waals surface area contributed by atoms with E-state index >= 15 is 0 Å². The molecular formula is C22H27N5O. The summed E-state index contributed by atoms with van der Waals surface area (Å²) in [6, 6.07) is 8.37. The van der Waals surface area contributed by atoms with Gasteiger partial charge in [0, 0.05) is 68.5 Å². The number of carbonyl (C=O) groups excluding carboxylic acids is 1. The van der Waals surface area contributed by atoms with Gasteiger partial charge in [-0.05, 0) is 42.5 Å². The normalized spacial score (nSPS) is 19.7. The van der Waals surface area contributed by atoms with Crippen molar-refractivity contribution in [3.05, 3.63) is 54.6 Å². The second-order valence-corrected chi connectivity index (χ2v) is 7.72. The molecule has 4 rings (SSSR count). The Balaban J connectivity index is 1.45. The van der Waals surface area contributed by atoms with Crippen molar-refractivity contribution < 1.29 is 4.79 Å². The number of hydrogen-bond acceptors (Lipinski definition) is 4. The number of likely N-dealkylation sites (tertiary alicyclic amines) is 1. The molecule has 1 amide bonds. The van der Waals surface area contributed by atoms with Crippen molar-refractivity contribution in [2.24, 2.45) is 5.92 Å². The fourth-order valence-electron chi connectivity index (χ4n) is 4.17. The molecule has 6 heteroatoms. The zero-order valence-electron chi connectivity index (χ0n) is 16.5. The van der Waals surface area contributed by atoms with Crippen LogP contribution in [0.4, 0.5) is 5.69 Å². The van der Waals surface area contributed by atoms with E-state index < -0.39 is 0 Å². The smallest absolute Gasteiger partial charge is 0.222 e. The minimum atomic E-state index is 0.232. The van der Waals surface area contributed by atoms with Gasteiger partial charge in [0.15, 0.2) is 0 Å². The predicted molar refractivity (Wildman–Crippen MR) is 111 cm³/mol. The highest BCUT2D eigenvalue weighted by Gasteiger charge is 2.32.